The van der Waals surface area contributed by atoms with E-state index >= 15 is 0 Å². The first-order chi connectivity index (χ1) is 9.30. The minimum atomic E-state index is -4.68. The Bertz CT molecular complexity index is 670. The van der Waals surface area contributed by atoms with E-state index in [9.17, 15) is 22.4 Å². The van der Waals surface area contributed by atoms with Gasteiger partial charge in [-0.1, -0.05) is 0 Å². The quantitative estimate of drug-likeness (QED) is 0.601. The van der Waals surface area contributed by atoms with Gasteiger partial charge in [0.2, 0.25) is 0 Å². The zero-order valence-corrected chi connectivity index (χ0v) is 11.3. The molecule has 1 aromatic carbocycles. The number of halogens is 5. The molecule has 7 heteroatoms. The number of carbonyl (C=O) groups is 1. The molecule has 0 aliphatic heterocycles. The fourth-order valence-corrected chi connectivity index (χ4v) is 1.86. The van der Waals surface area contributed by atoms with Gasteiger partial charge >= 0.3 is 6.18 Å². The van der Waals surface area contributed by atoms with Gasteiger partial charge in [0.1, 0.15) is 5.82 Å². The van der Waals surface area contributed by atoms with E-state index in [-0.39, 0.29) is 10.0 Å². The predicted molar refractivity (Wildman–Crippen MR) is 66.8 cm³/mol. The number of hydrogen-bond donors (Lipinski definition) is 0. The lowest BCUT2D eigenvalue weighted by molar-refractivity contribution is -0.137. The molecule has 0 aliphatic carbocycles. The Hall–Kier alpha value is -1.76. The third kappa shape index (κ3) is 2.87. The number of ketones is 1. The van der Waals surface area contributed by atoms with Crippen molar-refractivity contribution in [1.29, 1.82) is 0 Å². The smallest absolute Gasteiger partial charge is 0.289 e. The number of carbonyl (C=O) groups excluding carboxylic acids is 1. The molecule has 0 atom stereocenters. The first kappa shape index (κ1) is 14.6. The second-order valence-electron chi connectivity index (χ2n) is 3.88. The highest BCUT2D eigenvalue weighted by atomic mass is 79.9. The van der Waals surface area contributed by atoms with Gasteiger partial charge in [-0.2, -0.15) is 13.2 Å². The predicted octanol–water partition coefficient (Wildman–Crippen LogP) is 4.23. The van der Waals surface area contributed by atoms with E-state index in [2.05, 4.69) is 20.9 Å². The van der Waals surface area contributed by atoms with Crippen LogP contribution < -0.4 is 0 Å². The van der Waals surface area contributed by atoms with Gasteiger partial charge in [-0.25, -0.2) is 4.39 Å². The Morgan fingerprint density at radius 1 is 1.20 bits per heavy atom. The van der Waals surface area contributed by atoms with Gasteiger partial charge in [-0.3, -0.25) is 9.78 Å². The minimum absolute atomic E-state index is 0.122. The summed E-state index contributed by atoms with van der Waals surface area (Å²) in [6.07, 6.45) is -2.91. The normalized spacial score (nSPS) is 11.4. The number of pyridine rings is 1. The van der Waals surface area contributed by atoms with Gasteiger partial charge in [-0.05, 0) is 40.2 Å². The van der Waals surface area contributed by atoms with Crippen molar-refractivity contribution in [3.8, 4) is 0 Å². The van der Waals surface area contributed by atoms with E-state index < -0.39 is 28.9 Å². The summed E-state index contributed by atoms with van der Waals surface area (Å²) in [6, 6.07) is 4.08. The highest BCUT2D eigenvalue weighted by molar-refractivity contribution is 9.10. The van der Waals surface area contributed by atoms with Crippen molar-refractivity contribution < 1.29 is 22.4 Å². The second kappa shape index (κ2) is 5.32. The molecule has 2 aromatic rings. The van der Waals surface area contributed by atoms with E-state index in [4.69, 9.17) is 0 Å². The van der Waals surface area contributed by atoms with Crippen molar-refractivity contribution in [3.05, 3.63) is 63.6 Å². The SMILES string of the molecule is O=C(c1ccc(Br)c(F)c1)c1cnccc1C(F)(F)F. The fourth-order valence-electron chi connectivity index (χ4n) is 1.62. The van der Waals surface area contributed by atoms with E-state index in [1.165, 1.54) is 12.1 Å². The first-order valence-electron chi connectivity index (χ1n) is 5.31. The maximum Gasteiger partial charge on any atom is 0.417 e. The molecule has 0 saturated heterocycles. The highest BCUT2D eigenvalue weighted by Gasteiger charge is 2.35. The summed E-state index contributed by atoms with van der Waals surface area (Å²) in [5.41, 5.74) is -1.88. The van der Waals surface area contributed by atoms with Crippen molar-refractivity contribution in [2.45, 2.75) is 6.18 Å². The lowest BCUT2D eigenvalue weighted by Crippen LogP contribution is -2.14. The molecule has 0 amide bonds. The molecule has 0 N–H and O–H groups in total. The molecule has 1 aromatic heterocycles. The number of aromatic nitrogens is 1. The van der Waals surface area contributed by atoms with Crippen LogP contribution in [0.25, 0.3) is 0 Å². The Labute approximate surface area is 119 Å². The van der Waals surface area contributed by atoms with Crippen molar-refractivity contribution in [2.24, 2.45) is 0 Å². The summed E-state index contributed by atoms with van der Waals surface area (Å²) < 4.78 is 51.9. The molecule has 0 fully saturated rings. The molecule has 2 rings (SSSR count). The molecular formula is C13H6BrF4NO. The molecule has 2 nitrogen and oxygen atoms in total. The molecule has 0 bridgehead atoms. The molecule has 0 unspecified atom stereocenters. The summed E-state index contributed by atoms with van der Waals surface area (Å²) in [6.45, 7) is 0. The van der Waals surface area contributed by atoms with Crippen molar-refractivity contribution in [1.82, 2.24) is 4.98 Å². The number of benzene rings is 1. The van der Waals surface area contributed by atoms with Gasteiger partial charge in [0.15, 0.2) is 5.78 Å². The molecule has 20 heavy (non-hydrogen) atoms. The molecule has 104 valence electrons. The number of alkyl halides is 3. The zero-order valence-electron chi connectivity index (χ0n) is 9.71. The lowest BCUT2D eigenvalue weighted by atomic mass is 10.00. The van der Waals surface area contributed by atoms with Crippen LogP contribution in [0, 0.1) is 5.82 Å². The van der Waals surface area contributed by atoms with E-state index in [0.29, 0.717) is 6.07 Å². The van der Waals surface area contributed by atoms with Crippen molar-refractivity contribution >= 4 is 21.7 Å². The summed E-state index contributed by atoms with van der Waals surface area (Å²) in [5, 5.41) is 0. The Morgan fingerprint density at radius 3 is 2.50 bits per heavy atom. The van der Waals surface area contributed by atoms with Crippen LogP contribution in [-0.2, 0) is 6.18 Å². The van der Waals surface area contributed by atoms with Crippen LogP contribution in [-0.4, -0.2) is 10.8 Å². The van der Waals surface area contributed by atoms with Gasteiger partial charge in [0.05, 0.1) is 15.6 Å². The largest absolute Gasteiger partial charge is 0.417 e. The molecule has 0 spiro atoms. The summed E-state index contributed by atoms with van der Waals surface area (Å²) >= 11 is 2.90. The number of hydrogen-bond acceptors (Lipinski definition) is 2. The fraction of sp³-hybridized carbons (Fsp3) is 0.0769. The molecule has 0 aliphatic rings. The molecular weight excluding hydrogens is 342 g/mol. The second-order valence-corrected chi connectivity index (χ2v) is 4.73. The summed E-state index contributed by atoms with van der Waals surface area (Å²) in [5.74, 6) is -1.66. The van der Waals surface area contributed by atoms with Crippen LogP contribution in [0.3, 0.4) is 0 Å². The van der Waals surface area contributed by atoms with E-state index in [1.54, 1.807) is 0 Å². The average molecular weight is 348 g/mol. The number of nitrogens with zero attached hydrogens (tertiary/aromatic N) is 1. The highest BCUT2D eigenvalue weighted by Crippen LogP contribution is 2.32. The monoisotopic (exact) mass is 347 g/mol. The van der Waals surface area contributed by atoms with Crippen molar-refractivity contribution in [3.63, 3.8) is 0 Å². The van der Waals surface area contributed by atoms with Gasteiger partial charge in [-0.15, -0.1) is 0 Å². The van der Waals surface area contributed by atoms with Gasteiger partial charge in [0.25, 0.3) is 0 Å². The third-order valence-corrected chi connectivity index (χ3v) is 3.20. The van der Waals surface area contributed by atoms with Crippen LogP contribution in [0.15, 0.2) is 41.1 Å². The standard InChI is InChI=1S/C13H6BrF4NO/c14-10-2-1-7(5-11(10)15)12(20)8-6-19-4-3-9(8)13(16,17)18/h1-6H. The van der Waals surface area contributed by atoms with E-state index in [0.717, 1.165) is 18.5 Å². The van der Waals surface area contributed by atoms with Crippen LogP contribution in [0.4, 0.5) is 17.6 Å². The maximum absolute atomic E-state index is 13.4. The van der Waals surface area contributed by atoms with Crippen LogP contribution in [0.1, 0.15) is 21.5 Å². The Balaban J connectivity index is 2.51. The van der Waals surface area contributed by atoms with Crippen molar-refractivity contribution in [2.75, 3.05) is 0 Å². The Morgan fingerprint density at radius 2 is 1.90 bits per heavy atom. The summed E-state index contributed by atoms with van der Waals surface area (Å²) in [4.78, 5) is 15.6. The zero-order chi connectivity index (χ0) is 14.9. The van der Waals surface area contributed by atoms with Crippen LogP contribution in [0.2, 0.25) is 0 Å². The lowest BCUT2D eigenvalue weighted by Gasteiger charge is -2.11. The van der Waals surface area contributed by atoms with Gasteiger partial charge in [0, 0.05) is 18.0 Å². The molecule has 0 radical (unpaired) electrons. The molecule has 1 heterocycles. The van der Waals surface area contributed by atoms with Gasteiger partial charge < -0.3 is 0 Å². The van der Waals surface area contributed by atoms with Crippen LogP contribution >= 0.6 is 15.9 Å². The van der Waals surface area contributed by atoms with E-state index in [1.807, 2.05) is 0 Å². The Kier molecular flexibility index (Phi) is 3.89. The summed E-state index contributed by atoms with van der Waals surface area (Å²) in [7, 11) is 0. The third-order valence-electron chi connectivity index (χ3n) is 2.55. The van der Waals surface area contributed by atoms with Crippen LogP contribution in [0.5, 0.6) is 0 Å². The minimum Gasteiger partial charge on any atom is -0.289 e. The maximum atomic E-state index is 13.4. The topological polar surface area (TPSA) is 30.0 Å². The first-order valence-corrected chi connectivity index (χ1v) is 6.11. The number of rotatable bonds is 2. The molecule has 0 saturated carbocycles. The average Bonchev–Trinajstić information content (AvgIpc) is 2.40.